The number of carbonyl (C=O) groups excluding carboxylic acids is 1. The standard InChI is InChI=1S/C29H29FN4O3/c1-18-13-21(29(30)16-36-17-29)9-10-22(18)19-8-11-24-23(14-19)26(34(5)27(35)37-28(2,3)4)33-25(32-24)20-7-6-12-31-15-20/h6-15H,16-17H2,1-5H3. The Labute approximate surface area is 215 Å². The number of alkyl halides is 1. The molecular weight excluding hydrogens is 471 g/mol. The van der Waals surface area contributed by atoms with E-state index in [1.165, 1.54) is 4.90 Å². The summed E-state index contributed by atoms with van der Waals surface area (Å²) >= 11 is 0. The first kappa shape index (κ1) is 24.8. The number of nitrogens with zero attached hydrogens (tertiary/aromatic N) is 4. The molecule has 0 unspecified atom stereocenters. The van der Waals surface area contributed by atoms with E-state index in [4.69, 9.17) is 19.4 Å². The van der Waals surface area contributed by atoms with Crippen LogP contribution in [0.25, 0.3) is 33.4 Å². The Morgan fingerprint density at radius 3 is 2.49 bits per heavy atom. The molecule has 190 valence electrons. The van der Waals surface area contributed by atoms with Gasteiger partial charge in [0.15, 0.2) is 11.5 Å². The first-order valence-corrected chi connectivity index (χ1v) is 12.1. The van der Waals surface area contributed by atoms with Crippen LogP contribution in [0.1, 0.15) is 31.9 Å². The molecule has 2 aromatic heterocycles. The van der Waals surface area contributed by atoms with Gasteiger partial charge < -0.3 is 9.47 Å². The second-order valence-electron chi connectivity index (χ2n) is 10.4. The number of hydrogen-bond acceptors (Lipinski definition) is 6. The van der Waals surface area contributed by atoms with Gasteiger partial charge in [0.2, 0.25) is 0 Å². The van der Waals surface area contributed by atoms with Gasteiger partial charge in [0.1, 0.15) is 11.4 Å². The van der Waals surface area contributed by atoms with Crippen LogP contribution in [0.5, 0.6) is 0 Å². The lowest BCUT2D eigenvalue weighted by Crippen LogP contribution is -2.42. The molecule has 0 aliphatic carbocycles. The molecule has 37 heavy (non-hydrogen) atoms. The van der Waals surface area contributed by atoms with E-state index in [1.54, 1.807) is 19.4 Å². The van der Waals surface area contributed by atoms with E-state index in [0.717, 1.165) is 22.3 Å². The van der Waals surface area contributed by atoms with Crippen molar-refractivity contribution in [2.45, 2.75) is 39.0 Å². The third-order valence-corrected chi connectivity index (χ3v) is 6.30. The number of anilines is 1. The van der Waals surface area contributed by atoms with Crippen LogP contribution in [0, 0.1) is 6.92 Å². The van der Waals surface area contributed by atoms with Crippen molar-refractivity contribution in [3.8, 4) is 22.5 Å². The molecule has 1 aliphatic rings. The number of rotatable bonds is 4. The summed E-state index contributed by atoms with van der Waals surface area (Å²) in [5.41, 5.74) is 2.75. The van der Waals surface area contributed by atoms with Crippen molar-refractivity contribution in [1.29, 1.82) is 0 Å². The maximum atomic E-state index is 14.9. The molecule has 0 atom stereocenters. The minimum Gasteiger partial charge on any atom is -0.443 e. The highest BCUT2D eigenvalue weighted by Gasteiger charge is 2.40. The molecule has 1 saturated heterocycles. The summed E-state index contributed by atoms with van der Waals surface area (Å²) in [6.45, 7) is 7.58. The first-order valence-electron chi connectivity index (χ1n) is 12.1. The predicted molar refractivity (Wildman–Crippen MR) is 141 cm³/mol. The molecule has 0 saturated carbocycles. The average molecular weight is 501 g/mol. The van der Waals surface area contributed by atoms with Crippen LogP contribution in [0.3, 0.4) is 0 Å². The van der Waals surface area contributed by atoms with Gasteiger partial charge in [-0.25, -0.2) is 19.2 Å². The molecule has 8 heteroatoms. The van der Waals surface area contributed by atoms with E-state index in [1.807, 2.05) is 76.2 Å². The Hall–Kier alpha value is -3.91. The summed E-state index contributed by atoms with van der Waals surface area (Å²) in [6.07, 6.45) is 2.84. The Kier molecular flexibility index (Phi) is 6.15. The maximum Gasteiger partial charge on any atom is 0.415 e. The van der Waals surface area contributed by atoms with Crippen LogP contribution < -0.4 is 4.90 Å². The number of hydrogen-bond donors (Lipinski definition) is 0. The molecule has 0 radical (unpaired) electrons. The highest BCUT2D eigenvalue weighted by Crippen LogP contribution is 2.37. The second kappa shape index (κ2) is 9.19. The number of amides is 1. The Morgan fingerprint density at radius 2 is 1.86 bits per heavy atom. The van der Waals surface area contributed by atoms with Crippen LogP contribution in [-0.4, -0.2) is 46.9 Å². The van der Waals surface area contributed by atoms with Crippen molar-refractivity contribution in [3.63, 3.8) is 0 Å². The normalized spacial score (nSPS) is 14.8. The van der Waals surface area contributed by atoms with Crippen LogP contribution in [-0.2, 0) is 15.1 Å². The lowest BCUT2D eigenvalue weighted by Gasteiger charge is -2.34. The van der Waals surface area contributed by atoms with E-state index in [-0.39, 0.29) is 13.2 Å². The summed E-state index contributed by atoms with van der Waals surface area (Å²) in [5.74, 6) is 0.874. The molecule has 0 N–H and O–H groups in total. The highest BCUT2D eigenvalue weighted by molar-refractivity contribution is 6.00. The quantitative estimate of drug-likeness (QED) is 0.330. The smallest absolute Gasteiger partial charge is 0.415 e. The van der Waals surface area contributed by atoms with Crippen molar-refractivity contribution < 1.29 is 18.7 Å². The number of halogens is 1. The summed E-state index contributed by atoms with van der Waals surface area (Å²) in [6, 6.07) is 15.1. The monoisotopic (exact) mass is 500 g/mol. The van der Waals surface area contributed by atoms with E-state index >= 15 is 0 Å². The van der Waals surface area contributed by atoms with Gasteiger partial charge in [-0.3, -0.25) is 9.88 Å². The minimum absolute atomic E-state index is 0.0821. The van der Waals surface area contributed by atoms with Crippen LogP contribution in [0.4, 0.5) is 15.0 Å². The molecule has 4 aromatic rings. The molecule has 0 bridgehead atoms. The average Bonchev–Trinajstić information content (AvgIpc) is 2.85. The second-order valence-corrected chi connectivity index (χ2v) is 10.4. The summed E-state index contributed by atoms with van der Waals surface area (Å²) in [5, 5.41) is 0.691. The predicted octanol–water partition coefficient (Wildman–Crippen LogP) is 6.23. The van der Waals surface area contributed by atoms with Crippen molar-refractivity contribution in [2.75, 3.05) is 25.2 Å². The molecule has 0 spiro atoms. The highest BCUT2D eigenvalue weighted by atomic mass is 19.1. The fraction of sp³-hybridized carbons (Fsp3) is 0.310. The zero-order valence-corrected chi connectivity index (χ0v) is 21.6. The molecule has 7 nitrogen and oxygen atoms in total. The fourth-order valence-corrected chi connectivity index (χ4v) is 4.29. The van der Waals surface area contributed by atoms with Gasteiger partial charge in [0.05, 0.1) is 18.7 Å². The van der Waals surface area contributed by atoms with Gasteiger partial charge in [-0.2, -0.15) is 0 Å². The maximum absolute atomic E-state index is 14.9. The van der Waals surface area contributed by atoms with Crippen molar-refractivity contribution in [2.24, 2.45) is 0 Å². The molecule has 1 fully saturated rings. The number of ether oxygens (including phenoxy) is 2. The SMILES string of the molecule is Cc1cc(C2(F)COC2)ccc1-c1ccc2nc(-c3cccnc3)nc(N(C)C(=O)OC(C)(C)C)c2c1. The molecule has 5 rings (SSSR count). The minimum atomic E-state index is -1.42. The largest absolute Gasteiger partial charge is 0.443 e. The van der Waals surface area contributed by atoms with Crippen LogP contribution in [0.15, 0.2) is 60.9 Å². The number of aromatic nitrogens is 3. The molecular formula is C29H29FN4O3. The zero-order valence-electron chi connectivity index (χ0n) is 21.6. The molecule has 1 amide bonds. The van der Waals surface area contributed by atoms with Gasteiger partial charge in [0, 0.05) is 30.4 Å². The number of aryl methyl sites for hydroxylation is 1. The summed E-state index contributed by atoms with van der Waals surface area (Å²) in [7, 11) is 1.64. The van der Waals surface area contributed by atoms with Gasteiger partial charge in [-0.05, 0) is 74.2 Å². The lowest BCUT2D eigenvalue weighted by molar-refractivity contribution is -0.135. The van der Waals surface area contributed by atoms with Crippen molar-refractivity contribution in [1.82, 2.24) is 15.0 Å². The van der Waals surface area contributed by atoms with Crippen LogP contribution >= 0.6 is 0 Å². The Balaban J connectivity index is 1.62. The number of benzene rings is 2. The van der Waals surface area contributed by atoms with Crippen LogP contribution in [0.2, 0.25) is 0 Å². The number of fused-ring (bicyclic) bond motifs is 1. The van der Waals surface area contributed by atoms with E-state index in [2.05, 4.69) is 4.98 Å². The molecule has 3 heterocycles. The van der Waals surface area contributed by atoms with E-state index in [0.29, 0.717) is 28.1 Å². The van der Waals surface area contributed by atoms with Gasteiger partial charge >= 0.3 is 6.09 Å². The van der Waals surface area contributed by atoms with Gasteiger partial charge in [0.25, 0.3) is 0 Å². The number of carbonyl (C=O) groups is 1. The lowest BCUT2D eigenvalue weighted by atomic mass is 9.89. The Bertz CT molecular complexity index is 1480. The third-order valence-electron chi connectivity index (χ3n) is 6.30. The van der Waals surface area contributed by atoms with E-state index < -0.39 is 17.4 Å². The summed E-state index contributed by atoms with van der Waals surface area (Å²) < 4.78 is 25.6. The van der Waals surface area contributed by atoms with Gasteiger partial charge in [-0.15, -0.1) is 0 Å². The topological polar surface area (TPSA) is 77.4 Å². The van der Waals surface area contributed by atoms with E-state index in [9.17, 15) is 9.18 Å². The van der Waals surface area contributed by atoms with Crippen molar-refractivity contribution in [3.05, 3.63) is 72.1 Å². The molecule has 1 aliphatic heterocycles. The molecule has 2 aromatic carbocycles. The number of pyridine rings is 1. The van der Waals surface area contributed by atoms with Crippen molar-refractivity contribution >= 4 is 22.8 Å². The Morgan fingerprint density at radius 1 is 1.08 bits per heavy atom. The zero-order chi connectivity index (χ0) is 26.4. The fourth-order valence-electron chi connectivity index (χ4n) is 4.29. The first-order chi connectivity index (χ1) is 17.5. The van der Waals surface area contributed by atoms with Gasteiger partial charge in [-0.1, -0.05) is 24.3 Å². The third kappa shape index (κ3) is 4.89. The summed E-state index contributed by atoms with van der Waals surface area (Å²) in [4.78, 5) is 28.1.